The second kappa shape index (κ2) is 7.57. The maximum atomic E-state index is 12.6. The molecule has 1 N–H and O–H groups in total. The molecule has 0 spiro atoms. The van der Waals surface area contributed by atoms with Gasteiger partial charge >= 0.3 is 6.03 Å². The van der Waals surface area contributed by atoms with Crippen LogP contribution in [0.1, 0.15) is 12.5 Å². The van der Waals surface area contributed by atoms with Gasteiger partial charge in [0.05, 0.1) is 5.02 Å². The van der Waals surface area contributed by atoms with E-state index in [1.165, 1.54) is 0 Å². The van der Waals surface area contributed by atoms with Crippen molar-refractivity contribution in [2.45, 2.75) is 13.0 Å². The van der Waals surface area contributed by atoms with Crippen LogP contribution in [0.4, 0.5) is 16.3 Å². The second-order valence-electron chi connectivity index (χ2n) is 6.05. The zero-order valence-electron chi connectivity index (χ0n) is 14.2. The quantitative estimate of drug-likeness (QED) is 0.899. The van der Waals surface area contributed by atoms with E-state index in [0.717, 1.165) is 17.1 Å². The number of carbonyl (C=O) groups excluding carboxylic acids is 1. The smallest absolute Gasteiger partial charge is 0.322 e. The van der Waals surface area contributed by atoms with Crippen LogP contribution in [0.5, 0.6) is 0 Å². The highest BCUT2D eigenvalue weighted by Crippen LogP contribution is 2.25. The van der Waals surface area contributed by atoms with E-state index in [4.69, 9.17) is 11.6 Å². The van der Waals surface area contributed by atoms with Gasteiger partial charge in [-0.25, -0.2) is 9.78 Å². The third-order valence-electron chi connectivity index (χ3n) is 4.32. The summed E-state index contributed by atoms with van der Waals surface area (Å²) in [6.45, 7) is 7.77. The number of aromatic nitrogens is 1. The standard InChI is InChI=1S/C19H21ClN4O/c1-3-15-6-8-16(9-7-15)22-19(25)24-12-11-23(13-14(24)2)18-17(20)5-4-10-21-18/h3-10,14H,1,11-13H2,2H3,(H,22,25)/t14-/m1/s1. The fourth-order valence-corrected chi connectivity index (χ4v) is 3.20. The van der Waals surface area contributed by atoms with Crippen LogP contribution in [0.3, 0.4) is 0 Å². The van der Waals surface area contributed by atoms with Crippen molar-refractivity contribution < 1.29 is 4.79 Å². The van der Waals surface area contributed by atoms with E-state index in [1.54, 1.807) is 12.3 Å². The molecule has 0 saturated carbocycles. The van der Waals surface area contributed by atoms with E-state index in [9.17, 15) is 4.79 Å². The van der Waals surface area contributed by atoms with Crippen molar-refractivity contribution in [1.82, 2.24) is 9.88 Å². The predicted molar refractivity (Wildman–Crippen MR) is 103 cm³/mol. The molecule has 2 heterocycles. The maximum Gasteiger partial charge on any atom is 0.322 e. The zero-order valence-corrected chi connectivity index (χ0v) is 14.9. The van der Waals surface area contributed by atoms with Gasteiger partial charge in [0.25, 0.3) is 0 Å². The number of benzene rings is 1. The molecule has 130 valence electrons. The molecule has 5 nitrogen and oxygen atoms in total. The molecule has 1 aromatic heterocycles. The Bertz CT molecular complexity index is 762. The Kier molecular flexibility index (Phi) is 5.24. The summed E-state index contributed by atoms with van der Waals surface area (Å²) in [6, 6.07) is 11.2. The van der Waals surface area contributed by atoms with Gasteiger partial charge in [-0.15, -0.1) is 0 Å². The van der Waals surface area contributed by atoms with Crippen LogP contribution in [0.15, 0.2) is 49.2 Å². The number of halogens is 1. The van der Waals surface area contributed by atoms with E-state index in [0.29, 0.717) is 24.7 Å². The summed E-state index contributed by atoms with van der Waals surface area (Å²) in [4.78, 5) is 20.9. The first-order chi connectivity index (χ1) is 12.1. The normalized spacial score (nSPS) is 17.3. The Balaban J connectivity index is 1.63. The molecule has 2 aromatic rings. The van der Waals surface area contributed by atoms with Crippen molar-refractivity contribution in [3.05, 3.63) is 59.8 Å². The van der Waals surface area contributed by atoms with E-state index in [1.807, 2.05) is 48.2 Å². The molecule has 0 aliphatic carbocycles. The minimum atomic E-state index is -0.0920. The Labute approximate surface area is 152 Å². The minimum Gasteiger partial charge on any atom is -0.352 e. The van der Waals surface area contributed by atoms with Gasteiger partial charge in [-0.05, 0) is 36.8 Å². The number of hydrogen-bond donors (Lipinski definition) is 1. The SMILES string of the molecule is C=Cc1ccc(NC(=O)N2CCN(c3ncccc3Cl)C[C@H]2C)cc1. The lowest BCUT2D eigenvalue weighted by Crippen LogP contribution is -2.55. The van der Waals surface area contributed by atoms with Gasteiger partial charge < -0.3 is 15.1 Å². The minimum absolute atomic E-state index is 0.0549. The molecule has 1 aromatic carbocycles. The van der Waals surface area contributed by atoms with Crippen LogP contribution in [-0.2, 0) is 0 Å². The number of piperazine rings is 1. The van der Waals surface area contributed by atoms with E-state index >= 15 is 0 Å². The maximum absolute atomic E-state index is 12.6. The Morgan fingerprint density at radius 1 is 1.32 bits per heavy atom. The summed E-state index contributed by atoms with van der Waals surface area (Å²) in [6.07, 6.45) is 3.51. The van der Waals surface area contributed by atoms with Crippen molar-refractivity contribution in [2.75, 3.05) is 29.9 Å². The lowest BCUT2D eigenvalue weighted by Gasteiger charge is -2.40. The summed E-state index contributed by atoms with van der Waals surface area (Å²) in [7, 11) is 0. The Hall–Kier alpha value is -2.53. The van der Waals surface area contributed by atoms with Gasteiger partial charge in [-0.3, -0.25) is 0 Å². The van der Waals surface area contributed by atoms with Crippen molar-refractivity contribution in [3.8, 4) is 0 Å². The number of rotatable bonds is 3. The Morgan fingerprint density at radius 3 is 2.72 bits per heavy atom. The number of urea groups is 1. The fourth-order valence-electron chi connectivity index (χ4n) is 2.96. The average molecular weight is 357 g/mol. The van der Waals surface area contributed by atoms with Gasteiger partial charge in [0.15, 0.2) is 0 Å². The van der Waals surface area contributed by atoms with Crippen LogP contribution in [-0.4, -0.2) is 41.6 Å². The van der Waals surface area contributed by atoms with Gasteiger partial charge in [0.1, 0.15) is 5.82 Å². The van der Waals surface area contributed by atoms with Crippen molar-refractivity contribution >= 4 is 35.2 Å². The molecule has 1 aliphatic rings. The van der Waals surface area contributed by atoms with Gasteiger partial charge in [0.2, 0.25) is 0 Å². The van der Waals surface area contributed by atoms with Crippen molar-refractivity contribution in [3.63, 3.8) is 0 Å². The molecular formula is C19H21ClN4O. The third kappa shape index (κ3) is 3.94. The number of pyridine rings is 1. The molecular weight excluding hydrogens is 336 g/mol. The zero-order chi connectivity index (χ0) is 17.8. The summed E-state index contributed by atoms with van der Waals surface area (Å²) in [5.41, 5.74) is 1.80. The van der Waals surface area contributed by atoms with Gasteiger partial charge in [-0.1, -0.05) is 36.4 Å². The van der Waals surface area contributed by atoms with Gasteiger partial charge in [0, 0.05) is 37.6 Å². The Morgan fingerprint density at radius 2 is 2.08 bits per heavy atom. The molecule has 1 atom stereocenters. The number of nitrogens with one attached hydrogen (secondary N) is 1. The number of nitrogens with zero attached hydrogens (tertiary/aromatic N) is 3. The van der Waals surface area contributed by atoms with Crippen LogP contribution < -0.4 is 10.2 Å². The summed E-state index contributed by atoms with van der Waals surface area (Å²) >= 11 is 6.23. The van der Waals surface area contributed by atoms with Crippen LogP contribution in [0, 0.1) is 0 Å². The largest absolute Gasteiger partial charge is 0.352 e. The molecule has 1 aliphatic heterocycles. The number of carbonyl (C=O) groups is 1. The topological polar surface area (TPSA) is 48.5 Å². The first-order valence-electron chi connectivity index (χ1n) is 8.24. The first kappa shape index (κ1) is 17.3. The van der Waals surface area contributed by atoms with E-state index in [-0.39, 0.29) is 12.1 Å². The van der Waals surface area contributed by atoms with Crippen molar-refractivity contribution in [2.24, 2.45) is 0 Å². The monoisotopic (exact) mass is 356 g/mol. The lowest BCUT2D eigenvalue weighted by atomic mass is 10.2. The number of anilines is 2. The van der Waals surface area contributed by atoms with E-state index < -0.39 is 0 Å². The molecule has 25 heavy (non-hydrogen) atoms. The lowest BCUT2D eigenvalue weighted by molar-refractivity contribution is 0.184. The highest BCUT2D eigenvalue weighted by Gasteiger charge is 2.28. The second-order valence-corrected chi connectivity index (χ2v) is 6.46. The third-order valence-corrected chi connectivity index (χ3v) is 4.62. The summed E-state index contributed by atoms with van der Waals surface area (Å²) < 4.78 is 0. The predicted octanol–water partition coefficient (Wildman–Crippen LogP) is 4.12. The average Bonchev–Trinajstić information content (AvgIpc) is 2.62. The molecule has 0 radical (unpaired) electrons. The number of amides is 2. The molecule has 0 unspecified atom stereocenters. The van der Waals surface area contributed by atoms with Crippen LogP contribution in [0.2, 0.25) is 5.02 Å². The molecule has 0 bridgehead atoms. The van der Waals surface area contributed by atoms with E-state index in [2.05, 4.69) is 21.8 Å². The highest BCUT2D eigenvalue weighted by atomic mass is 35.5. The number of hydrogen-bond acceptors (Lipinski definition) is 3. The molecule has 1 saturated heterocycles. The summed E-state index contributed by atoms with van der Waals surface area (Å²) in [5, 5.41) is 3.59. The van der Waals surface area contributed by atoms with Crippen molar-refractivity contribution in [1.29, 1.82) is 0 Å². The van der Waals surface area contributed by atoms with Gasteiger partial charge in [-0.2, -0.15) is 0 Å². The molecule has 1 fully saturated rings. The molecule has 2 amide bonds. The highest BCUT2D eigenvalue weighted by molar-refractivity contribution is 6.32. The first-order valence-corrected chi connectivity index (χ1v) is 8.62. The fraction of sp³-hybridized carbons (Fsp3) is 0.263. The van der Waals surface area contributed by atoms with Crippen LogP contribution in [0.25, 0.3) is 6.08 Å². The molecule has 3 rings (SSSR count). The van der Waals surface area contributed by atoms with Crippen LogP contribution >= 0.6 is 11.6 Å². The summed E-state index contributed by atoms with van der Waals surface area (Å²) in [5.74, 6) is 0.774. The molecule has 6 heteroatoms.